The molecule has 0 bridgehead atoms. The number of rotatable bonds is 4. The number of carbonyl (C=O) groups excluding carboxylic acids is 2. The average molecular weight is 422 g/mol. The van der Waals surface area contributed by atoms with E-state index in [1.807, 2.05) is 36.5 Å². The highest BCUT2D eigenvalue weighted by atomic mass is 16.1. The molecular formula is C26H22N4O2. The number of para-hydroxylation sites is 1. The molecule has 158 valence electrons. The van der Waals surface area contributed by atoms with Crippen molar-refractivity contribution in [1.82, 2.24) is 9.55 Å². The van der Waals surface area contributed by atoms with Crippen LogP contribution < -0.4 is 10.6 Å². The first-order valence-corrected chi connectivity index (χ1v) is 10.5. The number of nitrogens with one attached hydrogen (secondary N) is 2. The van der Waals surface area contributed by atoms with Gasteiger partial charge in [0.25, 0.3) is 5.91 Å². The molecule has 3 heterocycles. The molecule has 0 aliphatic carbocycles. The van der Waals surface area contributed by atoms with E-state index in [1.165, 1.54) is 0 Å². The number of pyridine rings is 1. The maximum absolute atomic E-state index is 13.5. The van der Waals surface area contributed by atoms with Crippen molar-refractivity contribution in [2.75, 3.05) is 10.6 Å². The molecule has 1 aliphatic heterocycles. The van der Waals surface area contributed by atoms with Gasteiger partial charge in [0.15, 0.2) is 5.78 Å². The minimum atomic E-state index is -0.493. The number of carbonyl (C=O) groups is 2. The molecule has 4 aromatic rings. The highest BCUT2D eigenvalue weighted by Gasteiger charge is 2.28. The fourth-order valence-electron chi connectivity index (χ4n) is 4.05. The lowest BCUT2D eigenvalue weighted by Crippen LogP contribution is -2.22. The van der Waals surface area contributed by atoms with E-state index in [-0.39, 0.29) is 11.7 Å². The third-order valence-electron chi connectivity index (χ3n) is 5.76. The zero-order chi connectivity index (χ0) is 22.1. The molecule has 5 rings (SSSR count). The van der Waals surface area contributed by atoms with Crippen LogP contribution in [0.3, 0.4) is 0 Å². The van der Waals surface area contributed by atoms with E-state index in [0.717, 1.165) is 16.9 Å². The number of hydrogen-bond donors (Lipinski definition) is 2. The van der Waals surface area contributed by atoms with E-state index < -0.39 is 6.04 Å². The molecule has 0 saturated carbocycles. The Balaban J connectivity index is 1.38. The predicted molar refractivity (Wildman–Crippen MR) is 124 cm³/mol. The monoisotopic (exact) mass is 422 g/mol. The lowest BCUT2D eigenvalue weighted by molar-refractivity contribution is 0.0966. The Labute approximate surface area is 185 Å². The average Bonchev–Trinajstić information content (AvgIpc) is 3.20. The van der Waals surface area contributed by atoms with Crippen molar-refractivity contribution in [3.05, 3.63) is 113 Å². The number of amides is 1. The number of nitrogens with zero attached hydrogens (tertiary/aromatic N) is 2. The van der Waals surface area contributed by atoms with Gasteiger partial charge in [0.2, 0.25) is 0 Å². The molecule has 0 spiro atoms. The van der Waals surface area contributed by atoms with Gasteiger partial charge in [-0.05, 0) is 67.1 Å². The zero-order valence-corrected chi connectivity index (χ0v) is 17.6. The summed E-state index contributed by atoms with van der Waals surface area (Å²) in [5, 5.41) is 6.30. The topological polar surface area (TPSA) is 76.0 Å². The second-order valence-corrected chi connectivity index (χ2v) is 7.83. The quantitative estimate of drug-likeness (QED) is 0.462. The molecule has 0 saturated heterocycles. The van der Waals surface area contributed by atoms with Crippen LogP contribution in [0.1, 0.15) is 43.7 Å². The molecule has 2 aromatic carbocycles. The highest BCUT2D eigenvalue weighted by Crippen LogP contribution is 2.31. The fourth-order valence-corrected chi connectivity index (χ4v) is 4.05. The normalized spacial score (nSPS) is 14.5. The maximum atomic E-state index is 13.5. The van der Waals surface area contributed by atoms with Gasteiger partial charge in [-0.15, -0.1) is 0 Å². The molecule has 6 nitrogen and oxygen atoms in total. The fraction of sp³-hybridized carbons (Fsp3) is 0.115. The summed E-state index contributed by atoms with van der Waals surface area (Å²) < 4.78 is 2.10. The van der Waals surface area contributed by atoms with Gasteiger partial charge in [-0.3, -0.25) is 14.6 Å². The van der Waals surface area contributed by atoms with Crippen LogP contribution in [0.4, 0.5) is 11.4 Å². The van der Waals surface area contributed by atoms with Crippen molar-refractivity contribution >= 4 is 23.1 Å². The molecule has 32 heavy (non-hydrogen) atoms. The van der Waals surface area contributed by atoms with Crippen molar-refractivity contribution in [3.8, 4) is 0 Å². The van der Waals surface area contributed by atoms with Crippen molar-refractivity contribution < 1.29 is 9.59 Å². The van der Waals surface area contributed by atoms with E-state index >= 15 is 0 Å². The third-order valence-corrected chi connectivity index (χ3v) is 5.76. The Bertz CT molecular complexity index is 1310. The summed E-state index contributed by atoms with van der Waals surface area (Å²) in [4.78, 5) is 30.1. The summed E-state index contributed by atoms with van der Waals surface area (Å²) in [6, 6.07) is 22.0. The summed E-state index contributed by atoms with van der Waals surface area (Å²) in [6.07, 6.45) is 3.65. The highest BCUT2D eigenvalue weighted by molar-refractivity contribution is 6.06. The largest absolute Gasteiger partial charge is 0.370 e. The molecule has 1 amide bonds. The third kappa shape index (κ3) is 3.67. The predicted octanol–water partition coefficient (Wildman–Crippen LogP) is 4.84. The van der Waals surface area contributed by atoms with Gasteiger partial charge >= 0.3 is 0 Å². The first-order chi connectivity index (χ1) is 15.6. The number of Topliss-reactive ketones (excluding diaryl/α,β-unsaturated/α-hetero) is 1. The number of anilines is 2. The van der Waals surface area contributed by atoms with E-state index in [9.17, 15) is 9.59 Å². The molecule has 2 N–H and O–H groups in total. The van der Waals surface area contributed by atoms with Gasteiger partial charge in [-0.1, -0.05) is 18.2 Å². The molecule has 1 unspecified atom stereocenters. The molecule has 1 atom stereocenters. The summed E-state index contributed by atoms with van der Waals surface area (Å²) >= 11 is 0. The molecule has 0 radical (unpaired) electrons. The van der Waals surface area contributed by atoms with Crippen molar-refractivity contribution in [3.63, 3.8) is 0 Å². The summed E-state index contributed by atoms with van der Waals surface area (Å²) in [7, 11) is 0. The van der Waals surface area contributed by atoms with Crippen LogP contribution in [0.25, 0.3) is 0 Å². The van der Waals surface area contributed by atoms with Crippen LogP contribution in [-0.4, -0.2) is 21.2 Å². The first kappa shape index (κ1) is 19.8. The van der Waals surface area contributed by atoms with E-state index in [1.54, 1.807) is 49.5 Å². The lowest BCUT2D eigenvalue weighted by Gasteiger charge is -2.18. The Morgan fingerprint density at radius 1 is 1.00 bits per heavy atom. The zero-order valence-electron chi connectivity index (χ0n) is 17.6. The molecular weight excluding hydrogens is 400 g/mol. The Morgan fingerprint density at radius 2 is 1.81 bits per heavy atom. The Morgan fingerprint density at radius 3 is 2.62 bits per heavy atom. The van der Waals surface area contributed by atoms with E-state index in [2.05, 4.69) is 26.3 Å². The van der Waals surface area contributed by atoms with Crippen LogP contribution in [-0.2, 0) is 6.54 Å². The lowest BCUT2D eigenvalue weighted by atomic mass is 10.0. The second-order valence-electron chi connectivity index (χ2n) is 7.83. The van der Waals surface area contributed by atoms with Gasteiger partial charge in [0, 0.05) is 47.3 Å². The van der Waals surface area contributed by atoms with Gasteiger partial charge < -0.3 is 15.2 Å². The summed E-state index contributed by atoms with van der Waals surface area (Å²) in [6.45, 7) is 2.51. The molecule has 1 aliphatic rings. The van der Waals surface area contributed by atoms with E-state index in [0.29, 0.717) is 29.1 Å². The van der Waals surface area contributed by atoms with Gasteiger partial charge in [-0.2, -0.15) is 0 Å². The smallest absolute Gasteiger partial charge is 0.257 e. The number of aryl methyl sites for hydroxylation is 1. The van der Waals surface area contributed by atoms with E-state index in [4.69, 9.17) is 0 Å². The SMILES string of the molecule is Cc1ncccc1C(=O)Nc1ccc(C(=O)C2Nc3ccccc3Cn3cccc32)cc1. The second kappa shape index (κ2) is 8.15. The minimum Gasteiger partial charge on any atom is -0.370 e. The van der Waals surface area contributed by atoms with Crippen molar-refractivity contribution in [1.29, 1.82) is 0 Å². The van der Waals surface area contributed by atoms with Crippen LogP contribution in [0.2, 0.25) is 0 Å². The van der Waals surface area contributed by atoms with Crippen molar-refractivity contribution in [2.24, 2.45) is 0 Å². The van der Waals surface area contributed by atoms with Crippen LogP contribution >= 0.6 is 0 Å². The number of fused-ring (bicyclic) bond motifs is 2. The summed E-state index contributed by atoms with van der Waals surface area (Å²) in [5.74, 6) is -0.253. The minimum absolute atomic E-state index is 0.0253. The van der Waals surface area contributed by atoms with Gasteiger partial charge in [-0.25, -0.2) is 0 Å². The number of benzene rings is 2. The van der Waals surface area contributed by atoms with Gasteiger partial charge in [0.05, 0.1) is 5.56 Å². The molecule has 0 fully saturated rings. The Hall–Kier alpha value is -4.19. The number of aromatic nitrogens is 2. The van der Waals surface area contributed by atoms with Crippen molar-refractivity contribution in [2.45, 2.75) is 19.5 Å². The standard InChI is InChI=1S/C26H22N4O2/c1-17-21(7-4-14-27-17)26(32)28-20-12-10-18(11-13-20)25(31)24-23-9-5-15-30(23)16-19-6-2-3-8-22(19)29-24/h2-15,24,29H,16H2,1H3,(H,28,32). The van der Waals surface area contributed by atoms with Crippen LogP contribution in [0.5, 0.6) is 0 Å². The van der Waals surface area contributed by atoms with Crippen LogP contribution in [0, 0.1) is 6.92 Å². The Kier molecular flexibility index (Phi) is 5.03. The maximum Gasteiger partial charge on any atom is 0.257 e. The first-order valence-electron chi connectivity index (χ1n) is 10.5. The van der Waals surface area contributed by atoms with Crippen LogP contribution in [0.15, 0.2) is 85.2 Å². The number of hydrogen-bond acceptors (Lipinski definition) is 4. The summed E-state index contributed by atoms with van der Waals surface area (Å²) in [5.41, 5.74) is 5.42. The molecule has 2 aromatic heterocycles. The van der Waals surface area contributed by atoms with Gasteiger partial charge in [0.1, 0.15) is 6.04 Å². The molecule has 6 heteroatoms. The number of ketones is 1.